The summed E-state index contributed by atoms with van der Waals surface area (Å²) in [7, 11) is 0. The van der Waals surface area contributed by atoms with Gasteiger partial charge in [-0.3, -0.25) is 9.59 Å². The Morgan fingerprint density at radius 3 is 2.46 bits per heavy atom. The molecule has 1 amide bonds. The fourth-order valence-electron chi connectivity index (χ4n) is 5.80. The molecule has 39 heavy (non-hydrogen) atoms. The van der Waals surface area contributed by atoms with Gasteiger partial charge in [0.1, 0.15) is 17.0 Å². The van der Waals surface area contributed by atoms with E-state index in [0.717, 1.165) is 19.3 Å². The molecule has 4 aromatic rings. The molecule has 200 valence electrons. The lowest BCUT2D eigenvalue weighted by Gasteiger charge is -2.36. The maximum absolute atomic E-state index is 13.9. The number of carbonyl (C=O) groups is 2. The van der Waals surface area contributed by atoms with Crippen LogP contribution in [0, 0.1) is 0 Å². The molecule has 8 N–H and O–H groups in total. The Hall–Kier alpha value is -3.76. The van der Waals surface area contributed by atoms with E-state index in [0.29, 0.717) is 55.3 Å². The van der Waals surface area contributed by atoms with Crippen LogP contribution in [0.5, 0.6) is 11.5 Å². The molecule has 0 aliphatic heterocycles. The largest absolute Gasteiger partial charge is 0.457 e. The highest BCUT2D eigenvalue weighted by Crippen LogP contribution is 2.49. The fraction of sp³-hybridized carbons (Fsp3) is 0.267. The minimum Gasteiger partial charge on any atom is -0.457 e. The van der Waals surface area contributed by atoms with Gasteiger partial charge in [-0.2, -0.15) is 0 Å². The molecule has 2 aliphatic rings. The Morgan fingerprint density at radius 2 is 1.74 bits per heavy atom. The molecule has 0 saturated heterocycles. The third-order valence-corrected chi connectivity index (χ3v) is 9.04. The molecule has 2 aliphatic carbocycles. The molecule has 4 atom stereocenters. The van der Waals surface area contributed by atoms with Crippen molar-refractivity contribution in [3.05, 3.63) is 88.3 Å². The number of hydrogen-bond donors (Lipinski definition) is 5. The summed E-state index contributed by atoms with van der Waals surface area (Å²) in [4.78, 5) is 27.8. The van der Waals surface area contributed by atoms with Crippen molar-refractivity contribution in [1.82, 2.24) is 5.32 Å². The maximum Gasteiger partial charge on any atom is 0.261 e. The third kappa shape index (κ3) is 4.28. The summed E-state index contributed by atoms with van der Waals surface area (Å²) in [5.74, 6) is 0.580. The summed E-state index contributed by atoms with van der Waals surface area (Å²) in [5.41, 5.74) is 20.4. The number of ketones is 1. The second-order valence-corrected chi connectivity index (χ2v) is 11.4. The van der Waals surface area contributed by atoms with Crippen LogP contribution in [0.15, 0.2) is 66.7 Å². The normalized spacial score (nSPS) is 24.5. The predicted molar refractivity (Wildman–Crippen MR) is 152 cm³/mol. The SMILES string of the molecule is Nc1ccc2c3c(c(C(=O)N[C@@H]4CCC[C@H](O)C4)sc13)C(N)C(=O)C2(N)c1ccc(Oc2ccccc2)cc1. The number of amides is 1. The number of nitrogen functional groups attached to an aromatic ring is 1. The fourth-order valence-corrected chi connectivity index (χ4v) is 7.01. The molecule has 2 unspecified atom stereocenters. The second-order valence-electron chi connectivity index (χ2n) is 10.3. The monoisotopic (exact) mass is 542 g/mol. The molecule has 8 nitrogen and oxygen atoms in total. The van der Waals surface area contributed by atoms with Crippen molar-refractivity contribution in [2.45, 2.75) is 49.4 Å². The number of para-hydroxylation sites is 1. The molecule has 1 fully saturated rings. The van der Waals surface area contributed by atoms with Gasteiger partial charge in [0.2, 0.25) is 0 Å². The van der Waals surface area contributed by atoms with Gasteiger partial charge in [-0.15, -0.1) is 11.3 Å². The first kappa shape index (κ1) is 25.5. The van der Waals surface area contributed by atoms with Crippen LogP contribution < -0.4 is 27.3 Å². The van der Waals surface area contributed by atoms with Crippen molar-refractivity contribution in [1.29, 1.82) is 0 Å². The maximum atomic E-state index is 13.9. The molecule has 9 heteroatoms. The summed E-state index contributed by atoms with van der Waals surface area (Å²) in [6.07, 6.45) is 2.43. The van der Waals surface area contributed by atoms with Gasteiger partial charge in [-0.05, 0) is 67.1 Å². The van der Waals surface area contributed by atoms with Gasteiger partial charge >= 0.3 is 0 Å². The summed E-state index contributed by atoms with van der Waals surface area (Å²) in [5, 5.41) is 13.7. The quantitative estimate of drug-likeness (QED) is 0.238. The van der Waals surface area contributed by atoms with Crippen LogP contribution in [0.25, 0.3) is 10.1 Å². The molecule has 0 radical (unpaired) electrons. The van der Waals surface area contributed by atoms with E-state index in [9.17, 15) is 14.7 Å². The van der Waals surface area contributed by atoms with E-state index in [2.05, 4.69) is 5.32 Å². The number of nitrogens with two attached hydrogens (primary N) is 3. The van der Waals surface area contributed by atoms with Crippen molar-refractivity contribution >= 4 is 38.8 Å². The minimum absolute atomic E-state index is 0.142. The predicted octanol–water partition coefficient (Wildman–Crippen LogP) is 4.09. The van der Waals surface area contributed by atoms with E-state index in [1.54, 1.807) is 36.4 Å². The lowest BCUT2D eigenvalue weighted by molar-refractivity contribution is -0.124. The highest BCUT2D eigenvalue weighted by Gasteiger charge is 2.48. The number of anilines is 1. The average molecular weight is 543 g/mol. The number of benzene rings is 3. The highest BCUT2D eigenvalue weighted by molar-refractivity contribution is 7.21. The van der Waals surface area contributed by atoms with Crippen molar-refractivity contribution in [3.8, 4) is 11.5 Å². The van der Waals surface area contributed by atoms with Crippen LogP contribution in [0.4, 0.5) is 5.69 Å². The van der Waals surface area contributed by atoms with Crippen molar-refractivity contribution < 1.29 is 19.4 Å². The van der Waals surface area contributed by atoms with Gasteiger partial charge in [-0.25, -0.2) is 0 Å². The van der Waals surface area contributed by atoms with Crippen molar-refractivity contribution in [2.75, 3.05) is 5.73 Å². The molecule has 1 heterocycles. The number of hydrogen-bond acceptors (Lipinski definition) is 8. The van der Waals surface area contributed by atoms with Gasteiger partial charge in [0.15, 0.2) is 5.78 Å². The molecule has 0 spiro atoms. The number of nitrogens with one attached hydrogen (secondary N) is 1. The van der Waals surface area contributed by atoms with Gasteiger partial charge in [0.05, 0.1) is 21.7 Å². The van der Waals surface area contributed by atoms with E-state index in [4.69, 9.17) is 21.9 Å². The third-order valence-electron chi connectivity index (χ3n) is 7.79. The average Bonchev–Trinajstić information content (AvgIpc) is 3.34. The van der Waals surface area contributed by atoms with E-state index in [-0.39, 0.29) is 11.9 Å². The first-order valence-corrected chi connectivity index (χ1v) is 13.9. The van der Waals surface area contributed by atoms with E-state index < -0.39 is 23.5 Å². The number of aliphatic hydroxyl groups is 1. The number of ether oxygens (including phenoxy) is 1. The molecule has 0 bridgehead atoms. The van der Waals surface area contributed by atoms with E-state index >= 15 is 0 Å². The molecule has 1 saturated carbocycles. The molecule has 1 aromatic heterocycles. The standard InChI is InChI=1S/C30H30N4O4S/c31-22-14-13-21-23-24(27(39-26(22)23)29(37)34-17-5-4-6-18(35)15-17)25(32)28(36)30(21,33)16-9-11-20(12-10-16)38-19-7-2-1-3-8-19/h1-3,7-14,17-18,25,35H,4-6,15,31-33H2,(H,34,37)/t17-,18+,25?,30?/m1/s1. The number of carbonyl (C=O) groups excluding carboxylic acids is 2. The Balaban J connectivity index is 1.40. The summed E-state index contributed by atoms with van der Waals surface area (Å²) in [6, 6.07) is 18.7. The van der Waals surface area contributed by atoms with Gasteiger partial charge < -0.3 is 32.4 Å². The van der Waals surface area contributed by atoms with Gasteiger partial charge in [0, 0.05) is 22.7 Å². The Bertz CT molecular complexity index is 1570. The topological polar surface area (TPSA) is 154 Å². The van der Waals surface area contributed by atoms with Crippen molar-refractivity contribution in [3.63, 3.8) is 0 Å². The summed E-state index contributed by atoms with van der Waals surface area (Å²) >= 11 is 1.22. The minimum atomic E-state index is -1.54. The van der Waals surface area contributed by atoms with Gasteiger partial charge in [0.25, 0.3) is 5.91 Å². The second kappa shape index (κ2) is 9.77. The smallest absolute Gasteiger partial charge is 0.261 e. The van der Waals surface area contributed by atoms with Crippen LogP contribution in [0.1, 0.15) is 58.1 Å². The number of aliphatic hydroxyl groups excluding tert-OH is 1. The zero-order valence-corrected chi connectivity index (χ0v) is 22.0. The Morgan fingerprint density at radius 1 is 1.03 bits per heavy atom. The summed E-state index contributed by atoms with van der Waals surface area (Å²) in [6.45, 7) is 0. The number of rotatable bonds is 5. The van der Waals surface area contributed by atoms with Crippen molar-refractivity contribution in [2.24, 2.45) is 11.5 Å². The Labute approximate surface area is 229 Å². The molecular weight excluding hydrogens is 512 g/mol. The zero-order chi connectivity index (χ0) is 27.3. The number of thiophene rings is 1. The van der Waals surface area contributed by atoms with E-state index in [1.165, 1.54) is 11.3 Å². The first-order valence-electron chi connectivity index (χ1n) is 13.0. The van der Waals surface area contributed by atoms with E-state index in [1.807, 2.05) is 30.3 Å². The molecule has 6 rings (SSSR count). The highest BCUT2D eigenvalue weighted by atomic mass is 32.1. The molecular formula is C30H30N4O4S. The van der Waals surface area contributed by atoms with Crippen LogP contribution in [0.2, 0.25) is 0 Å². The zero-order valence-electron chi connectivity index (χ0n) is 21.2. The number of Topliss-reactive ketones (excluding diaryl/α,β-unsaturated/α-hetero) is 1. The van der Waals surface area contributed by atoms with Crippen LogP contribution in [-0.4, -0.2) is 28.9 Å². The Kier molecular flexibility index (Phi) is 6.39. The first-order chi connectivity index (χ1) is 18.8. The van der Waals surface area contributed by atoms with Gasteiger partial charge in [-0.1, -0.05) is 36.4 Å². The van der Waals surface area contributed by atoms with Crippen LogP contribution >= 0.6 is 11.3 Å². The summed E-state index contributed by atoms with van der Waals surface area (Å²) < 4.78 is 6.58. The lowest BCUT2D eigenvalue weighted by Crippen LogP contribution is -2.52. The van der Waals surface area contributed by atoms with Crippen LogP contribution in [-0.2, 0) is 10.3 Å². The lowest BCUT2D eigenvalue weighted by atomic mass is 9.70. The van der Waals surface area contributed by atoms with Crippen LogP contribution in [0.3, 0.4) is 0 Å². The molecule has 3 aromatic carbocycles.